The number of hydrogen-bond donors (Lipinski definition) is 2. The molecule has 3 aromatic rings. The maximum Gasteiger partial charge on any atom is 0.183 e. The van der Waals surface area contributed by atoms with Crippen LogP contribution in [0.15, 0.2) is 30.5 Å². The monoisotopic (exact) mass is 392 g/mol. The quantitative estimate of drug-likeness (QED) is 0.708. The molecule has 0 amide bonds. The zero-order valence-corrected chi connectivity index (χ0v) is 17.1. The van der Waals surface area contributed by atoms with E-state index in [0.717, 1.165) is 74.1 Å². The first kappa shape index (κ1) is 18.2. The summed E-state index contributed by atoms with van der Waals surface area (Å²) in [6.45, 7) is 6.73. The number of nitrogens with two attached hydrogens (primary N) is 1. The second-order valence-corrected chi connectivity index (χ2v) is 8.54. The molecule has 2 aliphatic heterocycles. The summed E-state index contributed by atoms with van der Waals surface area (Å²) in [7, 11) is 2.12. The summed E-state index contributed by atoms with van der Waals surface area (Å²) in [4.78, 5) is 16.4. The van der Waals surface area contributed by atoms with Crippen LogP contribution in [-0.2, 0) is 0 Å². The number of benzene rings is 1. The lowest BCUT2D eigenvalue weighted by molar-refractivity contribution is 0.258. The first-order valence-corrected chi connectivity index (χ1v) is 10.3. The van der Waals surface area contributed by atoms with Gasteiger partial charge in [-0.3, -0.25) is 5.10 Å². The Morgan fingerprint density at radius 3 is 2.62 bits per heavy atom. The van der Waals surface area contributed by atoms with Crippen LogP contribution in [0.3, 0.4) is 0 Å². The summed E-state index contributed by atoms with van der Waals surface area (Å²) >= 11 is 0. The van der Waals surface area contributed by atoms with Gasteiger partial charge in [0.05, 0.1) is 17.6 Å². The van der Waals surface area contributed by atoms with Gasteiger partial charge in [0.25, 0.3) is 0 Å². The number of nitrogens with one attached hydrogen (secondary N) is 1. The van der Waals surface area contributed by atoms with Gasteiger partial charge in [-0.05, 0) is 36.9 Å². The van der Waals surface area contributed by atoms with Crippen LogP contribution in [0.5, 0.6) is 0 Å². The van der Waals surface area contributed by atoms with Crippen molar-refractivity contribution in [1.82, 2.24) is 20.2 Å². The Hall–Kier alpha value is -2.87. The minimum Gasteiger partial charge on any atom is -0.371 e. The standard InChI is InChI=1S/C21H28N8/c1-21(14-22)7-9-28(10-8-21)17-13-23-18-19(24-17)25-26-20(18)29-12-11-27(2)15-5-3-4-6-16(15)29/h3-6,13H,7-12,14,22H2,1-2H3,(H,24,25,26). The number of rotatable bonds is 3. The molecule has 0 unspecified atom stereocenters. The Morgan fingerprint density at radius 1 is 1.10 bits per heavy atom. The molecule has 3 N–H and O–H groups in total. The predicted molar refractivity (Wildman–Crippen MR) is 117 cm³/mol. The number of H-pyrrole nitrogens is 1. The van der Waals surface area contributed by atoms with Crippen LogP contribution in [0, 0.1) is 5.41 Å². The molecular weight excluding hydrogens is 364 g/mol. The fourth-order valence-corrected chi connectivity index (χ4v) is 4.33. The molecule has 2 aromatic heterocycles. The van der Waals surface area contributed by atoms with E-state index in [9.17, 15) is 0 Å². The molecule has 0 spiro atoms. The minimum absolute atomic E-state index is 0.240. The highest BCUT2D eigenvalue weighted by molar-refractivity contribution is 5.90. The van der Waals surface area contributed by atoms with Crippen LogP contribution in [0.25, 0.3) is 11.2 Å². The number of anilines is 4. The van der Waals surface area contributed by atoms with Crippen LogP contribution >= 0.6 is 0 Å². The fourth-order valence-electron chi connectivity index (χ4n) is 4.33. The highest BCUT2D eigenvalue weighted by Crippen LogP contribution is 2.38. The Labute approximate surface area is 170 Å². The first-order chi connectivity index (χ1) is 14.1. The van der Waals surface area contributed by atoms with E-state index < -0.39 is 0 Å². The average molecular weight is 393 g/mol. The van der Waals surface area contributed by atoms with Gasteiger partial charge < -0.3 is 20.4 Å². The van der Waals surface area contributed by atoms with E-state index in [1.807, 2.05) is 6.20 Å². The third-order valence-corrected chi connectivity index (χ3v) is 6.53. The molecule has 152 valence electrons. The third-order valence-electron chi connectivity index (χ3n) is 6.53. The maximum absolute atomic E-state index is 5.94. The van der Waals surface area contributed by atoms with Crippen molar-refractivity contribution in [2.75, 3.05) is 54.5 Å². The summed E-state index contributed by atoms with van der Waals surface area (Å²) < 4.78 is 0. The van der Waals surface area contributed by atoms with Crippen molar-refractivity contribution < 1.29 is 0 Å². The molecule has 1 fully saturated rings. The van der Waals surface area contributed by atoms with Gasteiger partial charge in [0.1, 0.15) is 5.82 Å². The van der Waals surface area contributed by atoms with Crippen molar-refractivity contribution >= 4 is 34.2 Å². The summed E-state index contributed by atoms with van der Waals surface area (Å²) in [5.41, 5.74) is 10.1. The van der Waals surface area contributed by atoms with Crippen molar-refractivity contribution in [3.05, 3.63) is 30.5 Å². The van der Waals surface area contributed by atoms with Crippen LogP contribution < -0.4 is 20.4 Å². The lowest BCUT2D eigenvalue weighted by Crippen LogP contribution is -2.42. The van der Waals surface area contributed by atoms with Crippen LogP contribution in [0.1, 0.15) is 19.8 Å². The number of fused-ring (bicyclic) bond motifs is 2. The molecule has 2 aliphatic rings. The van der Waals surface area contributed by atoms with Gasteiger partial charge in [0, 0.05) is 33.2 Å². The lowest BCUT2D eigenvalue weighted by Gasteiger charge is -2.39. The Balaban J connectivity index is 1.45. The Bertz CT molecular complexity index is 1020. The topological polar surface area (TPSA) is 90.2 Å². The van der Waals surface area contributed by atoms with E-state index in [4.69, 9.17) is 15.7 Å². The second-order valence-electron chi connectivity index (χ2n) is 8.54. The van der Waals surface area contributed by atoms with Gasteiger partial charge in [-0.2, -0.15) is 5.10 Å². The predicted octanol–water partition coefficient (Wildman–Crippen LogP) is 2.51. The molecule has 5 rings (SSSR count). The van der Waals surface area contributed by atoms with Crippen LogP contribution in [0.2, 0.25) is 0 Å². The zero-order chi connectivity index (χ0) is 20.0. The van der Waals surface area contributed by atoms with E-state index in [1.54, 1.807) is 0 Å². The molecule has 0 bridgehead atoms. The van der Waals surface area contributed by atoms with Crippen molar-refractivity contribution in [2.24, 2.45) is 11.1 Å². The minimum atomic E-state index is 0.240. The SMILES string of the molecule is CN1CCN(c2n[nH]c3nc(N4CCC(C)(CN)CC4)cnc23)c2ccccc21. The molecule has 8 nitrogen and oxygen atoms in total. The van der Waals surface area contributed by atoms with Crippen LogP contribution in [-0.4, -0.2) is 59.9 Å². The Kier molecular flexibility index (Phi) is 4.31. The maximum atomic E-state index is 5.94. The van der Waals surface area contributed by atoms with Crippen molar-refractivity contribution in [1.29, 1.82) is 0 Å². The van der Waals surface area contributed by atoms with E-state index in [0.29, 0.717) is 0 Å². The number of hydrogen-bond acceptors (Lipinski definition) is 7. The van der Waals surface area contributed by atoms with E-state index in [-0.39, 0.29) is 5.41 Å². The normalized spacial score (nSPS) is 18.9. The van der Waals surface area contributed by atoms with Crippen molar-refractivity contribution in [2.45, 2.75) is 19.8 Å². The molecule has 29 heavy (non-hydrogen) atoms. The number of nitrogens with zero attached hydrogens (tertiary/aromatic N) is 6. The summed E-state index contributed by atoms with van der Waals surface area (Å²) in [6, 6.07) is 8.41. The average Bonchev–Trinajstić information content (AvgIpc) is 3.18. The lowest BCUT2D eigenvalue weighted by atomic mass is 9.80. The highest BCUT2D eigenvalue weighted by Gasteiger charge is 2.30. The van der Waals surface area contributed by atoms with Gasteiger partial charge in [0.2, 0.25) is 0 Å². The van der Waals surface area contributed by atoms with E-state index in [1.165, 1.54) is 5.69 Å². The number of likely N-dealkylation sites (N-methyl/N-ethyl adjacent to an activating group) is 1. The Morgan fingerprint density at radius 2 is 1.86 bits per heavy atom. The number of piperidine rings is 1. The zero-order valence-electron chi connectivity index (χ0n) is 17.1. The third kappa shape index (κ3) is 3.07. The molecule has 1 aromatic carbocycles. The van der Waals surface area contributed by atoms with Gasteiger partial charge in [-0.15, -0.1) is 0 Å². The molecule has 0 atom stereocenters. The first-order valence-electron chi connectivity index (χ1n) is 10.3. The number of para-hydroxylation sites is 2. The number of aromatic amines is 1. The second kappa shape index (κ2) is 6.88. The molecule has 1 saturated heterocycles. The summed E-state index contributed by atoms with van der Waals surface area (Å²) in [6.07, 6.45) is 4.04. The molecule has 4 heterocycles. The molecular formula is C21H28N8. The highest BCUT2D eigenvalue weighted by atomic mass is 15.3. The molecule has 0 saturated carbocycles. The molecule has 0 radical (unpaired) electrons. The number of aromatic nitrogens is 4. The van der Waals surface area contributed by atoms with Crippen LogP contribution in [0.4, 0.5) is 23.0 Å². The van der Waals surface area contributed by atoms with Gasteiger partial charge >= 0.3 is 0 Å². The van der Waals surface area contributed by atoms with Crippen molar-refractivity contribution in [3.63, 3.8) is 0 Å². The molecule has 0 aliphatic carbocycles. The summed E-state index contributed by atoms with van der Waals surface area (Å²) in [5.74, 6) is 1.75. The smallest absolute Gasteiger partial charge is 0.183 e. The summed E-state index contributed by atoms with van der Waals surface area (Å²) in [5, 5.41) is 7.70. The van der Waals surface area contributed by atoms with Gasteiger partial charge in [-0.25, -0.2) is 9.97 Å². The van der Waals surface area contributed by atoms with Crippen molar-refractivity contribution in [3.8, 4) is 0 Å². The fraction of sp³-hybridized carbons (Fsp3) is 0.476. The van der Waals surface area contributed by atoms with E-state index >= 15 is 0 Å². The van der Waals surface area contributed by atoms with E-state index in [2.05, 4.69) is 63.1 Å². The van der Waals surface area contributed by atoms with Gasteiger partial charge in [-0.1, -0.05) is 19.1 Å². The molecule has 8 heteroatoms. The largest absolute Gasteiger partial charge is 0.371 e. The van der Waals surface area contributed by atoms with Gasteiger partial charge in [0.15, 0.2) is 17.0 Å².